The molecule has 2 aliphatic rings. The quantitative estimate of drug-likeness (QED) is 0.812. The third-order valence-corrected chi connectivity index (χ3v) is 5.66. The Morgan fingerprint density at radius 2 is 1.64 bits per heavy atom. The number of hydrogen-bond acceptors (Lipinski definition) is 4. The predicted octanol–water partition coefficient (Wildman–Crippen LogP) is 2.46. The highest BCUT2D eigenvalue weighted by Crippen LogP contribution is 2.37. The molecular formula is C22H23N3O3. The standard InChI is InChI=1S/C22H23N3O3/c26-19(14-25-21(27)16-10-4-5-11-17(16)22(25)28)24-20(15-8-2-1-3-9-15)18-12-6-7-13-23-18/h1-3,6-9,12-13,16-17,20H,4-5,10-11,14H2,(H,24,26). The highest BCUT2D eigenvalue weighted by Gasteiger charge is 2.48. The number of amides is 3. The minimum atomic E-state index is -0.440. The Balaban J connectivity index is 1.51. The number of carbonyl (C=O) groups is 3. The summed E-state index contributed by atoms with van der Waals surface area (Å²) in [6.07, 6.45) is 5.10. The Kier molecular flexibility index (Phi) is 5.19. The molecule has 2 fully saturated rings. The molecule has 3 amide bonds. The van der Waals surface area contributed by atoms with Gasteiger partial charge in [0.25, 0.3) is 0 Å². The molecule has 3 atom stereocenters. The van der Waals surface area contributed by atoms with Gasteiger partial charge in [0, 0.05) is 6.20 Å². The van der Waals surface area contributed by atoms with Gasteiger partial charge in [-0.25, -0.2) is 0 Å². The molecule has 0 bridgehead atoms. The van der Waals surface area contributed by atoms with Crippen molar-refractivity contribution in [3.8, 4) is 0 Å². The van der Waals surface area contributed by atoms with E-state index in [0.29, 0.717) is 5.69 Å². The van der Waals surface area contributed by atoms with Crippen molar-refractivity contribution in [3.05, 3.63) is 66.0 Å². The number of carbonyl (C=O) groups excluding carboxylic acids is 3. The number of nitrogens with one attached hydrogen (secondary N) is 1. The fourth-order valence-electron chi connectivity index (χ4n) is 4.26. The number of benzene rings is 1. The minimum Gasteiger partial charge on any atom is -0.342 e. The summed E-state index contributed by atoms with van der Waals surface area (Å²) in [5.74, 6) is -1.23. The molecule has 1 saturated heterocycles. The number of imide groups is 1. The molecule has 3 unspecified atom stereocenters. The number of rotatable bonds is 5. The third-order valence-electron chi connectivity index (χ3n) is 5.66. The molecule has 4 rings (SSSR count). The topological polar surface area (TPSA) is 79.4 Å². The van der Waals surface area contributed by atoms with Gasteiger partial charge < -0.3 is 5.32 Å². The zero-order valence-electron chi connectivity index (χ0n) is 15.6. The molecule has 1 aliphatic carbocycles. The number of aromatic nitrogens is 1. The molecule has 6 nitrogen and oxygen atoms in total. The first-order valence-electron chi connectivity index (χ1n) is 9.75. The molecule has 28 heavy (non-hydrogen) atoms. The molecule has 1 N–H and O–H groups in total. The van der Waals surface area contributed by atoms with Crippen LogP contribution in [0.5, 0.6) is 0 Å². The maximum absolute atomic E-state index is 12.8. The lowest BCUT2D eigenvalue weighted by molar-refractivity contribution is -0.143. The minimum absolute atomic E-state index is 0.195. The summed E-state index contributed by atoms with van der Waals surface area (Å²) in [6.45, 7) is -0.235. The van der Waals surface area contributed by atoms with Crippen LogP contribution in [0.2, 0.25) is 0 Å². The van der Waals surface area contributed by atoms with Gasteiger partial charge in [-0.2, -0.15) is 0 Å². The van der Waals surface area contributed by atoms with E-state index >= 15 is 0 Å². The van der Waals surface area contributed by atoms with Crippen molar-refractivity contribution in [2.24, 2.45) is 11.8 Å². The highest BCUT2D eigenvalue weighted by molar-refractivity contribution is 6.07. The Hall–Kier alpha value is -3.02. The van der Waals surface area contributed by atoms with Crippen LogP contribution in [0.25, 0.3) is 0 Å². The summed E-state index contributed by atoms with van der Waals surface area (Å²) in [7, 11) is 0. The van der Waals surface area contributed by atoms with E-state index in [9.17, 15) is 14.4 Å². The van der Waals surface area contributed by atoms with Gasteiger partial charge in [0.2, 0.25) is 17.7 Å². The first-order chi connectivity index (χ1) is 13.6. The number of likely N-dealkylation sites (tertiary alicyclic amines) is 1. The Morgan fingerprint density at radius 1 is 1.00 bits per heavy atom. The van der Waals surface area contributed by atoms with E-state index in [0.717, 1.165) is 36.1 Å². The zero-order chi connectivity index (χ0) is 19.5. The molecule has 6 heteroatoms. The summed E-state index contributed by atoms with van der Waals surface area (Å²) in [4.78, 5) is 43.5. The van der Waals surface area contributed by atoms with Crippen LogP contribution in [0.15, 0.2) is 54.7 Å². The SMILES string of the molecule is O=C(CN1C(=O)C2CCCCC2C1=O)NC(c1ccccc1)c1ccccn1. The van der Waals surface area contributed by atoms with E-state index in [4.69, 9.17) is 0 Å². The Labute approximate surface area is 164 Å². The smallest absolute Gasteiger partial charge is 0.240 e. The van der Waals surface area contributed by atoms with Crippen molar-refractivity contribution in [1.29, 1.82) is 0 Å². The molecule has 144 valence electrons. The van der Waals surface area contributed by atoms with Crippen LogP contribution in [-0.2, 0) is 14.4 Å². The van der Waals surface area contributed by atoms with Crippen LogP contribution in [0.3, 0.4) is 0 Å². The van der Waals surface area contributed by atoms with E-state index in [2.05, 4.69) is 10.3 Å². The summed E-state index contributed by atoms with van der Waals surface area (Å²) in [5, 5.41) is 2.95. The van der Waals surface area contributed by atoms with Crippen LogP contribution in [0.4, 0.5) is 0 Å². The summed E-state index contributed by atoms with van der Waals surface area (Å²) in [6, 6.07) is 14.6. The van der Waals surface area contributed by atoms with Gasteiger partial charge in [-0.05, 0) is 30.5 Å². The van der Waals surface area contributed by atoms with Crippen molar-refractivity contribution in [2.75, 3.05) is 6.54 Å². The molecular weight excluding hydrogens is 354 g/mol. The molecule has 1 aliphatic heterocycles. The lowest BCUT2D eigenvalue weighted by atomic mass is 9.81. The molecule has 1 aromatic carbocycles. The van der Waals surface area contributed by atoms with E-state index < -0.39 is 6.04 Å². The second-order valence-electron chi connectivity index (χ2n) is 7.43. The first kappa shape index (κ1) is 18.3. The summed E-state index contributed by atoms with van der Waals surface area (Å²) < 4.78 is 0. The highest BCUT2D eigenvalue weighted by atomic mass is 16.2. The number of fused-ring (bicyclic) bond motifs is 1. The summed E-state index contributed by atoms with van der Waals surface area (Å²) >= 11 is 0. The van der Waals surface area contributed by atoms with Crippen molar-refractivity contribution in [1.82, 2.24) is 15.2 Å². The van der Waals surface area contributed by atoms with Gasteiger partial charge in [0.1, 0.15) is 6.54 Å². The van der Waals surface area contributed by atoms with Gasteiger partial charge in [-0.3, -0.25) is 24.3 Å². The fraction of sp³-hybridized carbons (Fsp3) is 0.364. The van der Waals surface area contributed by atoms with Crippen molar-refractivity contribution < 1.29 is 14.4 Å². The van der Waals surface area contributed by atoms with Crippen molar-refractivity contribution in [2.45, 2.75) is 31.7 Å². The molecule has 0 spiro atoms. The van der Waals surface area contributed by atoms with E-state index in [1.54, 1.807) is 6.20 Å². The van der Waals surface area contributed by atoms with Crippen LogP contribution < -0.4 is 5.32 Å². The van der Waals surface area contributed by atoms with Gasteiger partial charge in [-0.15, -0.1) is 0 Å². The third kappa shape index (κ3) is 3.54. The largest absolute Gasteiger partial charge is 0.342 e. The van der Waals surface area contributed by atoms with Crippen LogP contribution in [0.1, 0.15) is 43.0 Å². The number of hydrogen-bond donors (Lipinski definition) is 1. The number of pyridine rings is 1. The zero-order valence-corrected chi connectivity index (χ0v) is 15.6. The Bertz CT molecular complexity index is 806. The molecule has 1 aromatic heterocycles. The second-order valence-corrected chi connectivity index (χ2v) is 7.43. The maximum atomic E-state index is 12.8. The average molecular weight is 377 g/mol. The monoisotopic (exact) mass is 377 g/mol. The normalized spacial score (nSPS) is 22.6. The van der Waals surface area contributed by atoms with E-state index in [1.165, 1.54) is 0 Å². The molecule has 1 saturated carbocycles. The van der Waals surface area contributed by atoms with Gasteiger partial charge in [0.15, 0.2) is 0 Å². The fourth-order valence-corrected chi connectivity index (χ4v) is 4.26. The number of nitrogens with zero attached hydrogens (tertiary/aromatic N) is 2. The molecule has 2 heterocycles. The van der Waals surface area contributed by atoms with Crippen molar-refractivity contribution >= 4 is 17.7 Å². The van der Waals surface area contributed by atoms with Crippen LogP contribution in [0, 0.1) is 11.8 Å². The Morgan fingerprint density at radius 3 is 2.25 bits per heavy atom. The molecule has 0 radical (unpaired) electrons. The van der Waals surface area contributed by atoms with E-state index in [1.807, 2.05) is 48.5 Å². The lowest BCUT2D eigenvalue weighted by Crippen LogP contribution is -2.42. The second kappa shape index (κ2) is 7.92. The van der Waals surface area contributed by atoms with Crippen LogP contribution >= 0.6 is 0 Å². The van der Waals surface area contributed by atoms with Crippen LogP contribution in [-0.4, -0.2) is 34.2 Å². The van der Waals surface area contributed by atoms with Crippen molar-refractivity contribution in [3.63, 3.8) is 0 Å². The predicted molar refractivity (Wildman–Crippen MR) is 103 cm³/mol. The van der Waals surface area contributed by atoms with Gasteiger partial charge >= 0.3 is 0 Å². The molecule has 2 aromatic rings. The lowest BCUT2D eigenvalue weighted by Gasteiger charge is -2.21. The van der Waals surface area contributed by atoms with Gasteiger partial charge in [0.05, 0.1) is 23.6 Å². The maximum Gasteiger partial charge on any atom is 0.240 e. The summed E-state index contributed by atoms with van der Waals surface area (Å²) in [5.41, 5.74) is 1.59. The van der Waals surface area contributed by atoms with E-state index in [-0.39, 0.29) is 36.1 Å². The van der Waals surface area contributed by atoms with Gasteiger partial charge in [-0.1, -0.05) is 49.2 Å². The average Bonchev–Trinajstić information content (AvgIpc) is 2.98. The first-order valence-corrected chi connectivity index (χ1v) is 9.75.